The molecule has 25 heavy (non-hydrogen) atoms. The molecule has 0 radical (unpaired) electrons. The van der Waals surface area contributed by atoms with Gasteiger partial charge in [-0.2, -0.15) is 8.42 Å². The van der Waals surface area contributed by atoms with Gasteiger partial charge in [-0.1, -0.05) is 16.9 Å². The van der Waals surface area contributed by atoms with Gasteiger partial charge in [0.2, 0.25) is 0 Å². The van der Waals surface area contributed by atoms with Crippen molar-refractivity contribution < 1.29 is 46.6 Å². The van der Waals surface area contributed by atoms with Crippen LogP contribution in [0.2, 0.25) is 0 Å². The summed E-state index contributed by atoms with van der Waals surface area (Å²) in [6.45, 7) is -0.620. The van der Waals surface area contributed by atoms with Crippen LogP contribution >= 0.6 is 11.8 Å². The van der Waals surface area contributed by atoms with Gasteiger partial charge < -0.3 is 25.2 Å². The maximum Gasteiger partial charge on any atom is 0.466 e. The zero-order chi connectivity index (χ0) is 19.2. The van der Waals surface area contributed by atoms with E-state index >= 15 is 0 Å². The summed E-state index contributed by atoms with van der Waals surface area (Å²) in [5.41, 5.74) is -1.19. The van der Waals surface area contributed by atoms with Gasteiger partial charge in [-0.25, -0.2) is 4.28 Å². The monoisotopic (exact) mass is 423 g/mol. The molecule has 5 N–H and O–H groups in total. The first-order valence-corrected chi connectivity index (χ1v) is 11.0. The average Bonchev–Trinajstić information content (AvgIpc) is 2.51. The zero-order valence-electron chi connectivity index (χ0n) is 13.2. The van der Waals surface area contributed by atoms with Gasteiger partial charge in [-0.15, -0.1) is 0 Å². The lowest BCUT2D eigenvalue weighted by atomic mass is 10.0. The van der Waals surface area contributed by atoms with Crippen molar-refractivity contribution in [1.29, 1.82) is 0 Å². The van der Waals surface area contributed by atoms with Crippen LogP contribution in [0.15, 0.2) is 5.16 Å². The van der Waals surface area contributed by atoms with Gasteiger partial charge in [-0.3, -0.25) is 8.76 Å². The minimum absolute atomic E-state index is 0.0209. The fourth-order valence-electron chi connectivity index (χ4n) is 1.94. The highest BCUT2D eigenvalue weighted by molar-refractivity contribution is 8.14. The van der Waals surface area contributed by atoms with E-state index in [1.165, 1.54) is 6.26 Å². The van der Waals surface area contributed by atoms with Crippen LogP contribution in [0.1, 0.15) is 12.8 Å². The van der Waals surface area contributed by atoms with E-state index in [1.807, 2.05) is 0 Å². The van der Waals surface area contributed by atoms with E-state index in [-0.39, 0.29) is 11.5 Å². The minimum Gasteiger partial charge on any atom is -0.394 e. The maximum absolute atomic E-state index is 11.1. The van der Waals surface area contributed by atoms with Crippen molar-refractivity contribution in [3.05, 3.63) is 0 Å². The third-order valence-electron chi connectivity index (χ3n) is 3.16. The van der Waals surface area contributed by atoms with Crippen LogP contribution < -0.4 is 0 Å². The Kier molecular flexibility index (Phi) is 9.20. The van der Waals surface area contributed by atoms with Gasteiger partial charge in [0.25, 0.3) is 0 Å². The molecule has 0 aromatic heterocycles. The predicted octanol–water partition coefficient (Wildman–Crippen LogP) is -2.19. The smallest absolute Gasteiger partial charge is 0.394 e. The Morgan fingerprint density at radius 3 is 2.44 bits per heavy atom. The number of rotatable bonds is 8. The highest BCUT2D eigenvalue weighted by atomic mass is 32.3. The largest absolute Gasteiger partial charge is 0.466 e. The average molecular weight is 423 g/mol. The van der Waals surface area contributed by atoms with Gasteiger partial charge in [0.15, 0.2) is 0 Å². The van der Waals surface area contributed by atoms with Crippen LogP contribution in [0, 0.1) is 0 Å². The molecule has 0 aromatic carbocycles. The third-order valence-corrected chi connectivity index (χ3v) is 5.46. The summed E-state index contributed by atoms with van der Waals surface area (Å²) in [4.78, 5) is 0. The zero-order valence-corrected chi connectivity index (χ0v) is 15.6. The Bertz CT molecular complexity index is 581. The number of oxime groups is 1. The molecule has 0 aliphatic carbocycles. The molecule has 11 nitrogen and oxygen atoms in total. The number of hydrogen-bond acceptors (Lipinski definition) is 11. The lowest BCUT2D eigenvalue weighted by Gasteiger charge is -2.39. The van der Waals surface area contributed by atoms with Crippen molar-refractivity contribution in [2.75, 3.05) is 18.6 Å². The van der Waals surface area contributed by atoms with E-state index in [9.17, 15) is 27.9 Å². The Labute approximate surface area is 151 Å². The maximum atomic E-state index is 11.1. The molecule has 0 saturated carbocycles. The third kappa shape index (κ3) is 7.84. The van der Waals surface area contributed by atoms with Gasteiger partial charge in [-0.05, 0) is 6.42 Å². The Morgan fingerprint density at radius 2 is 1.92 bits per heavy atom. The molecule has 1 aliphatic heterocycles. The molecule has 0 amide bonds. The minimum atomic E-state index is -4.84. The van der Waals surface area contributed by atoms with E-state index in [0.717, 1.165) is 0 Å². The number of ether oxygens (including phenoxy) is 1. The molecule has 1 aliphatic rings. The number of thioether (sulfide) groups is 1. The van der Waals surface area contributed by atoms with Gasteiger partial charge in [0.05, 0.1) is 6.61 Å². The number of hydrogen-bond donors (Lipinski definition) is 5. The Hall–Kier alpha value is -0.320. The molecule has 1 saturated heterocycles. The van der Waals surface area contributed by atoms with Crippen LogP contribution in [0.5, 0.6) is 0 Å². The molecule has 6 atom stereocenters. The second-order valence-electron chi connectivity index (χ2n) is 5.18. The molecule has 0 spiro atoms. The van der Waals surface area contributed by atoms with E-state index < -0.39 is 57.7 Å². The highest BCUT2D eigenvalue weighted by Crippen LogP contribution is 2.30. The normalized spacial score (nSPS) is 32.4. The Morgan fingerprint density at radius 1 is 1.28 bits per heavy atom. The van der Waals surface area contributed by atoms with Crippen LogP contribution in [0.4, 0.5) is 0 Å². The molecular formula is C11H21NO10S3. The SMILES string of the molecule is C[S@@](=O)CCC/C(=N\OS(=O)(=O)O)S[C@H]1O[C@@H](CO)[C@H](O)[C@@H](O)[C@H]1O. The van der Waals surface area contributed by atoms with Gasteiger partial charge in [0.1, 0.15) is 34.9 Å². The summed E-state index contributed by atoms with van der Waals surface area (Å²) in [7, 11) is -5.94. The topological polar surface area (TPSA) is 183 Å². The van der Waals surface area contributed by atoms with Crippen LogP contribution in [0.25, 0.3) is 0 Å². The molecule has 0 bridgehead atoms. The summed E-state index contributed by atoms with van der Waals surface area (Å²) in [6.07, 6.45) is -3.92. The summed E-state index contributed by atoms with van der Waals surface area (Å²) < 4.78 is 50.2. The highest BCUT2D eigenvalue weighted by Gasteiger charge is 2.44. The first kappa shape index (κ1) is 22.7. The summed E-state index contributed by atoms with van der Waals surface area (Å²) in [5, 5.41) is 41.8. The van der Waals surface area contributed by atoms with Crippen LogP contribution in [-0.4, -0.2) is 91.1 Å². The van der Waals surface area contributed by atoms with Gasteiger partial charge >= 0.3 is 10.4 Å². The summed E-state index contributed by atoms with van der Waals surface area (Å²) in [5.74, 6) is 0.292. The first-order chi connectivity index (χ1) is 11.5. The van der Waals surface area contributed by atoms with Crippen molar-refractivity contribution in [3.63, 3.8) is 0 Å². The number of aliphatic hydroxyl groups excluding tert-OH is 4. The second kappa shape index (κ2) is 10.1. The molecular weight excluding hydrogens is 402 g/mol. The molecule has 1 heterocycles. The van der Waals surface area contributed by atoms with Crippen molar-refractivity contribution in [2.45, 2.75) is 42.7 Å². The summed E-state index contributed by atoms with van der Waals surface area (Å²) >= 11 is 0.687. The van der Waals surface area contributed by atoms with Crippen molar-refractivity contribution in [2.24, 2.45) is 5.16 Å². The van der Waals surface area contributed by atoms with E-state index in [0.29, 0.717) is 23.9 Å². The predicted molar refractivity (Wildman–Crippen MR) is 89.6 cm³/mol. The van der Waals surface area contributed by atoms with Crippen molar-refractivity contribution >= 4 is 38.0 Å². The van der Waals surface area contributed by atoms with Crippen LogP contribution in [0.3, 0.4) is 0 Å². The lowest BCUT2D eigenvalue weighted by molar-refractivity contribution is -0.205. The molecule has 0 aromatic rings. The van der Waals surface area contributed by atoms with E-state index in [1.54, 1.807) is 0 Å². The standard InChI is InChI=1S/C11H21NO10S3/c1-24(17)4-2-3-7(12-22-25(18,19)20)23-11-10(16)9(15)8(14)6(5-13)21-11/h6,8-11,13-16H,2-5H2,1H3,(H,18,19,20)/b12-7+/t6-,8-,9+,10+,11+,24+/m0/s1. The fourth-order valence-corrected chi connectivity index (χ4v) is 3.83. The first-order valence-electron chi connectivity index (χ1n) is 7.05. The lowest BCUT2D eigenvalue weighted by Crippen LogP contribution is -2.57. The van der Waals surface area contributed by atoms with Crippen molar-refractivity contribution in [3.8, 4) is 0 Å². The second-order valence-corrected chi connectivity index (χ2v) is 8.91. The Balaban J connectivity index is 2.85. The number of nitrogens with zero attached hydrogens (tertiary/aromatic N) is 1. The van der Waals surface area contributed by atoms with E-state index in [2.05, 4.69) is 9.44 Å². The van der Waals surface area contributed by atoms with Crippen molar-refractivity contribution in [1.82, 2.24) is 0 Å². The summed E-state index contributed by atoms with van der Waals surface area (Å²) in [6, 6.07) is 0. The molecule has 1 rings (SSSR count). The molecule has 14 heteroatoms. The molecule has 148 valence electrons. The van der Waals surface area contributed by atoms with Crippen LogP contribution in [-0.2, 0) is 30.2 Å². The number of aliphatic hydroxyl groups is 4. The fraction of sp³-hybridized carbons (Fsp3) is 0.909. The molecule has 0 unspecified atom stereocenters. The molecule has 1 fully saturated rings. The quantitative estimate of drug-likeness (QED) is 0.124. The van der Waals surface area contributed by atoms with Gasteiger partial charge in [0, 0.05) is 29.2 Å². The van der Waals surface area contributed by atoms with E-state index in [4.69, 9.17) is 14.4 Å².